The predicted octanol–water partition coefficient (Wildman–Crippen LogP) is 3.38. The summed E-state index contributed by atoms with van der Waals surface area (Å²) in [6.45, 7) is 1.91. The van der Waals surface area contributed by atoms with Crippen LogP contribution in [0.4, 0.5) is 5.69 Å². The lowest BCUT2D eigenvalue weighted by atomic mass is 9.86. The molecule has 0 aliphatic carbocycles. The van der Waals surface area contributed by atoms with Crippen LogP contribution in [0.5, 0.6) is 0 Å². The van der Waals surface area contributed by atoms with Crippen molar-refractivity contribution in [3.8, 4) is 0 Å². The fraction of sp³-hybridized carbons (Fsp3) is 0.333. The molecule has 1 aliphatic heterocycles. The van der Waals surface area contributed by atoms with Crippen LogP contribution in [-0.4, -0.2) is 11.1 Å². The lowest BCUT2D eigenvalue weighted by Crippen LogP contribution is -2.43. The third-order valence-corrected chi connectivity index (χ3v) is 4.84. The largest absolute Gasteiger partial charge is 0.382 e. The number of hydrogen-bond acceptors (Lipinski definition) is 3. The molecule has 18 heavy (non-hydrogen) atoms. The van der Waals surface area contributed by atoms with E-state index in [1.165, 1.54) is 5.56 Å². The van der Waals surface area contributed by atoms with Crippen LogP contribution in [0.1, 0.15) is 23.8 Å². The van der Waals surface area contributed by atoms with Gasteiger partial charge in [0.2, 0.25) is 0 Å². The zero-order valence-corrected chi connectivity index (χ0v) is 11.2. The summed E-state index contributed by atoms with van der Waals surface area (Å²) in [6.07, 6.45) is 1.98. The van der Waals surface area contributed by atoms with Crippen molar-refractivity contribution in [2.45, 2.75) is 31.4 Å². The highest BCUT2D eigenvalue weighted by Gasteiger charge is 2.36. The van der Waals surface area contributed by atoms with Crippen LogP contribution in [0.25, 0.3) is 0 Å². The van der Waals surface area contributed by atoms with Crippen molar-refractivity contribution in [1.29, 1.82) is 0 Å². The fourth-order valence-electron chi connectivity index (χ4n) is 2.60. The first-order chi connectivity index (χ1) is 8.68. The normalized spacial score (nSPS) is 21.8. The number of aryl methyl sites for hydroxylation is 1. The second kappa shape index (κ2) is 4.41. The molecule has 2 aromatic rings. The molecule has 0 fully saturated rings. The summed E-state index contributed by atoms with van der Waals surface area (Å²) in [4.78, 5) is 1.03. The minimum atomic E-state index is -0.804. The molecule has 2 atom stereocenters. The van der Waals surface area contributed by atoms with E-state index in [2.05, 4.69) is 23.5 Å². The van der Waals surface area contributed by atoms with Crippen LogP contribution in [-0.2, 0) is 12.0 Å². The Kier molecular flexibility index (Phi) is 2.88. The Balaban J connectivity index is 1.88. The Morgan fingerprint density at radius 1 is 1.28 bits per heavy atom. The number of benzene rings is 1. The number of para-hydroxylation sites is 1. The van der Waals surface area contributed by atoms with Gasteiger partial charge in [0.25, 0.3) is 0 Å². The highest BCUT2D eigenvalue weighted by atomic mass is 32.1. The summed E-state index contributed by atoms with van der Waals surface area (Å²) >= 11 is 1.61. The Morgan fingerprint density at radius 2 is 2.11 bits per heavy atom. The minimum Gasteiger partial charge on any atom is -0.382 e. The van der Waals surface area contributed by atoms with Crippen LogP contribution in [0.15, 0.2) is 41.8 Å². The molecule has 0 radical (unpaired) electrons. The zero-order valence-electron chi connectivity index (χ0n) is 10.4. The van der Waals surface area contributed by atoms with Crippen LogP contribution in [0.3, 0.4) is 0 Å². The van der Waals surface area contributed by atoms with E-state index in [9.17, 15) is 5.11 Å². The Morgan fingerprint density at radius 3 is 2.89 bits per heavy atom. The van der Waals surface area contributed by atoms with Crippen LogP contribution >= 0.6 is 11.3 Å². The van der Waals surface area contributed by atoms with E-state index >= 15 is 0 Å². The van der Waals surface area contributed by atoms with Gasteiger partial charge in [-0.1, -0.05) is 24.3 Å². The van der Waals surface area contributed by atoms with Gasteiger partial charge in [0.1, 0.15) is 5.60 Å². The second-order valence-electron chi connectivity index (χ2n) is 5.02. The molecule has 0 bridgehead atoms. The molecule has 1 aromatic heterocycles. The number of fused-ring (bicyclic) bond motifs is 1. The monoisotopic (exact) mass is 259 g/mol. The van der Waals surface area contributed by atoms with Crippen molar-refractivity contribution in [1.82, 2.24) is 0 Å². The number of anilines is 1. The third kappa shape index (κ3) is 1.93. The average molecular weight is 259 g/mol. The number of rotatable bonds is 2. The van der Waals surface area contributed by atoms with Gasteiger partial charge in [-0.05, 0) is 42.8 Å². The molecular formula is C15H17NOS. The van der Waals surface area contributed by atoms with Crippen molar-refractivity contribution >= 4 is 17.0 Å². The first-order valence-corrected chi connectivity index (χ1v) is 7.16. The minimum absolute atomic E-state index is 0.0750. The van der Waals surface area contributed by atoms with Crippen molar-refractivity contribution in [2.24, 2.45) is 0 Å². The highest BCUT2D eigenvalue weighted by Crippen LogP contribution is 2.36. The molecule has 3 heteroatoms. The molecule has 1 aliphatic rings. The molecule has 0 spiro atoms. The van der Waals surface area contributed by atoms with Gasteiger partial charge in [-0.25, -0.2) is 0 Å². The molecule has 2 unspecified atom stereocenters. The molecule has 94 valence electrons. The molecule has 0 amide bonds. The summed E-state index contributed by atoms with van der Waals surface area (Å²) in [7, 11) is 0. The van der Waals surface area contributed by atoms with Gasteiger partial charge in [-0.3, -0.25) is 0 Å². The van der Waals surface area contributed by atoms with Gasteiger partial charge in [0.15, 0.2) is 0 Å². The van der Waals surface area contributed by atoms with Crippen molar-refractivity contribution in [3.63, 3.8) is 0 Å². The summed E-state index contributed by atoms with van der Waals surface area (Å²) in [6, 6.07) is 12.4. The van der Waals surface area contributed by atoms with E-state index in [0.29, 0.717) is 0 Å². The SMILES string of the molecule is CC(O)(c1cccs1)C1CCc2ccccc2N1. The summed E-state index contributed by atoms with van der Waals surface area (Å²) in [5.74, 6) is 0. The number of hydrogen-bond donors (Lipinski definition) is 2. The highest BCUT2D eigenvalue weighted by molar-refractivity contribution is 7.10. The second-order valence-corrected chi connectivity index (χ2v) is 5.97. The summed E-state index contributed by atoms with van der Waals surface area (Å²) in [5, 5.41) is 16.3. The van der Waals surface area contributed by atoms with Crippen molar-refractivity contribution in [2.75, 3.05) is 5.32 Å². The van der Waals surface area contributed by atoms with Crippen molar-refractivity contribution in [3.05, 3.63) is 52.2 Å². The number of thiophene rings is 1. The van der Waals surface area contributed by atoms with E-state index < -0.39 is 5.60 Å². The summed E-state index contributed by atoms with van der Waals surface area (Å²) < 4.78 is 0. The Labute approximate surface area is 111 Å². The summed E-state index contributed by atoms with van der Waals surface area (Å²) in [5.41, 5.74) is 1.70. The molecule has 3 rings (SSSR count). The molecule has 0 saturated carbocycles. The van der Waals surface area contributed by atoms with Gasteiger partial charge < -0.3 is 10.4 Å². The molecular weight excluding hydrogens is 242 g/mol. The van der Waals surface area contributed by atoms with Gasteiger partial charge in [0, 0.05) is 10.6 Å². The maximum atomic E-state index is 10.8. The lowest BCUT2D eigenvalue weighted by molar-refractivity contribution is 0.0359. The van der Waals surface area contributed by atoms with Crippen LogP contribution < -0.4 is 5.32 Å². The quantitative estimate of drug-likeness (QED) is 0.866. The Hall–Kier alpha value is -1.32. The maximum absolute atomic E-state index is 10.8. The molecule has 1 aromatic carbocycles. The first kappa shape index (κ1) is 11.8. The van der Waals surface area contributed by atoms with E-state index in [1.54, 1.807) is 11.3 Å². The zero-order chi connectivity index (χ0) is 12.6. The van der Waals surface area contributed by atoms with E-state index in [-0.39, 0.29) is 6.04 Å². The Bertz CT molecular complexity index is 533. The van der Waals surface area contributed by atoms with Gasteiger partial charge in [-0.15, -0.1) is 11.3 Å². The smallest absolute Gasteiger partial charge is 0.116 e. The molecule has 2 heterocycles. The third-order valence-electron chi connectivity index (χ3n) is 3.75. The lowest BCUT2D eigenvalue weighted by Gasteiger charge is -2.37. The molecule has 0 saturated heterocycles. The molecule has 2 N–H and O–H groups in total. The molecule has 2 nitrogen and oxygen atoms in total. The van der Waals surface area contributed by atoms with E-state index in [4.69, 9.17) is 0 Å². The van der Waals surface area contributed by atoms with Gasteiger partial charge >= 0.3 is 0 Å². The first-order valence-electron chi connectivity index (χ1n) is 6.29. The van der Waals surface area contributed by atoms with Gasteiger partial charge in [0.05, 0.1) is 6.04 Å². The maximum Gasteiger partial charge on any atom is 0.116 e. The topological polar surface area (TPSA) is 32.3 Å². The van der Waals surface area contributed by atoms with E-state index in [1.807, 2.05) is 30.5 Å². The van der Waals surface area contributed by atoms with Crippen molar-refractivity contribution < 1.29 is 5.11 Å². The van der Waals surface area contributed by atoms with Crippen LogP contribution in [0.2, 0.25) is 0 Å². The van der Waals surface area contributed by atoms with Gasteiger partial charge in [-0.2, -0.15) is 0 Å². The van der Waals surface area contributed by atoms with E-state index in [0.717, 1.165) is 23.4 Å². The number of nitrogens with one attached hydrogen (secondary N) is 1. The standard InChI is InChI=1S/C15H17NOS/c1-15(17,14-7-4-10-18-14)13-9-8-11-5-2-3-6-12(11)16-13/h2-7,10,13,16-17H,8-9H2,1H3. The predicted molar refractivity (Wildman–Crippen MR) is 76.1 cm³/mol. The number of aliphatic hydroxyl groups is 1. The fourth-order valence-corrected chi connectivity index (χ4v) is 3.44. The average Bonchev–Trinajstić information content (AvgIpc) is 2.92. The van der Waals surface area contributed by atoms with Crippen LogP contribution in [0, 0.1) is 0 Å².